The maximum absolute atomic E-state index is 2.40. The Hall–Kier alpha value is -1.93. The second kappa shape index (κ2) is 5.12. The summed E-state index contributed by atoms with van der Waals surface area (Å²) in [5.41, 5.74) is 2.79. The minimum absolute atomic E-state index is 0.480. The monoisotopic (exact) mass is 291 g/mol. The van der Waals surface area contributed by atoms with Gasteiger partial charge >= 0.3 is 0 Å². The van der Waals surface area contributed by atoms with Gasteiger partial charge in [0.1, 0.15) is 0 Å². The first-order valence-corrected chi connectivity index (χ1v) is 8.16. The van der Waals surface area contributed by atoms with Gasteiger partial charge in [0.15, 0.2) is 0 Å². The summed E-state index contributed by atoms with van der Waals surface area (Å²) in [7, 11) is 2.20. The molecule has 0 amide bonds. The number of hydrogen-bond acceptors (Lipinski definition) is 2. The molecule has 0 aliphatic carbocycles. The van der Waals surface area contributed by atoms with E-state index in [2.05, 4.69) is 78.7 Å². The Kier molecular flexibility index (Phi) is 3.12. The fraction of sp³-hybridized carbons (Fsp3) is 0.158. The molecule has 21 heavy (non-hydrogen) atoms. The van der Waals surface area contributed by atoms with Crippen molar-refractivity contribution in [2.75, 3.05) is 11.9 Å². The second-order valence-corrected chi connectivity index (χ2v) is 6.71. The number of benzene rings is 3. The number of hydrogen-bond donors (Lipinski definition) is 0. The normalized spacial score (nSPS) is 17.2. The minimum atomic E-state index is 0.480. The lowest BCUT2D eigenvalue weighted by molar-refractivity contribution is 0.837. The molecule has 3 aromatic rings. The summed E-state index contributed by atoms with van der Waals surface area (Å²) in [6, 6.07) is 24.0. The first kappa shape index (κ1) is 12.8. The van der Waals surface area contributed by atoms with Gasteiger partial charge in [0, 0.05) is 18.4 Å². The van der Waals surface area contributed by atoms with Gasteiger partial charge in [-0.1, -0.05) is 66.4 Å². The van der Waals surface area contributed by atoms with Gasteiger partial charge in [-0.15, -0.1) is 0 Å². The number of nitrogens with zero attached hydrogens (tertiary/aromatic N) is 1. The number of thioether (sulfide) groups is 1. The molecule has 4 rings (SSSR count). The van der Waals surface area contributed by atoms with Gasteiger partial charge in [-0.3, -0.25) is 0 Å². The Balaban J connectivity index is 1.68. The van der Waals surface area contributed by atoms with Crippen LogP contribution < -0.4 is 4.90 Å². The van der Waals surface area contributed by atoms with Crippen LogP contribution in [0, 0.1) is 0 Å². The first-order chi connectivity index (χ1) is 10.3. The predicted octanol–water partition coefficient (Wildman–Crippen LogP) is 4.95. The van der Waals surface area contributed by atoms with Crippen LogP contribution in [0.5, 0.6) is 0 Å². The van der Waals surface area contributed by atoms with Gasteiger partial charge in [0.25, 0.3) is 0 Å². The van der Waals surface area contributed by atoms with E-state index < -0.39 is 0 Å². The van der Waals surface area contributed by atoms with E-state index in [0.29, 0.717) is 5.37 Å². The molecular formula is C19H17NS. The number of likely N-dealkylation sites (N-methyl/N-ethyl adjacent to an activating group) is 1. The maximum Gasteiger partial charge on any atom is 0.0835 e. The van der Waals surface area contributed by atoms with Gasteiger partial charge in [-0.05, 0) is 28.5 Å². The topological polar surface area (TPSA) is 3.24 Å². The van der Waals surface area contributed by atoms with E-state index in [-0.39, 0.29) is 0 Å². The van der Waals surface area contributed by atoms with Crippen LogP contribution in [0.4, 0.5) is 5.69 Å². The van der Waals surface area contributed by atoms with Crippen molar-refractivity contribution in [3.05, 3.63) is 72.3 Å². The van der Waals surface area contributed by atoms with Crippen LogP contribution in [-0.4, -0.2) is 12.4 Å². The van der Waals surface area contributed by atoms with Crippen LogP contribution in [-0.2, 0) is 6.42 Å². The van der Waals surface area contributed by atoms with Crippen molar-refractivity contribution in [1.29, 1.82) is 0 Å². The Labute approximate surface area is 129 Å². The zero-order valence-corrected chi connectivity index (χ0v) is 12.8. The summed E-state index contributed by atoms with van der Waals surface area (Å²) in [5, 5.41) is 3.19. The standard InChI is InChI=1S/C19H17NS/c1-20-17-11-4-5-12-18(17)21-19(20)13-15-9-6-8-14-7-2-3-10-16(14)15/h2-12,19H,13H2,1H3. The molecule has 0 aromatic heterocycles. The summed E-state index contributed by atoms with van der Waals surface area (Å²) in [6.45, 7) is 0. The molecular weight excluding hydrogens is 274 g/mol. The molecule has 1 nitrogen and oxygen atoms in total. The van der Waals surface area contributed by atoms with Crippen molar-refractivity contribution in [3.63, 3.8) is 0 Å². The summed E-state index contributed by atoms with van der Waals surface area (Å²) in [5.74, 6) is 0. The molecule has 0 N–H and O–H groups in total. The summed E-state index contributed by atoms with van der Waals surface area (Å²) in [4.78, 5) is 3.80. The molecule has 1 aliphatic heterocycles. The number of para-hydroxylation sites is 1. The molecule has 3 aromatic carbocycles. The fourth-order valence-corrected chi connectivity index (χ4v) is 4.38. The summed E-state index contributed by atoms with van der Waals surface area (Å²) >= 11 is 1.97. The Morgan fingerprint density at radius 1 is 0.905 bits per heavy atom. The van der Waals surface area contributed by atoms with E-state index in [9.17, 15) is 0 Å². The Morgan fingerprint density at radius 3 is 2.57 bits per heavy atom. The molecule has 1 atom stereocenters. The van der Waals surface area contributed by atoms with Crippen LogP contribution in [0.15, 0.2) is 71.6 Å². The highest BCUT2D eigenvalue weighted by molar-refractivity contribution is 8.00. The van der Waals surface area contributed by atoms with Crippen LogP contribution in [0.2, 0.25) is 0 Å². The van der Waals surface area contributed by atoms with Crippen LogP contribution >= 0.6 is 11.8 Å². The highest BCUT2D eigenvalue weighted by atomic mass is 32.2. The average molecular weight is 291 g/mol. The van der Waals surface area contributed by atoms with Crippen molar-refractivity contribution in [3.8, 4) is 0 Å². The first-order valence-electron chi connectivity index (χ1n) is 7.28. The van der Waals surface area contributed by atoms with E-state index in [1.54, 1.807) is 0 Å². The second-order valence-electron chi connectivity index (χ2n) is 5.49. The number of rotatable bonds is 2. The quantitative estimate of drug-likeness (QED) is 0.657. The van der Waals surface area contributed by atoms with Gasteiger partial charge in [0.2, 0.25) is 0 Å². The minimum Gasteiger partial charge on any atom is -0.361 e. The van der Waals surface area contributed by atoms with Gasteiger partial charge in [-0.2, -0.15) is 0 Å². The van der Waals surface area contributed by atoms with Crippen LogP contribution in [0.1, 0.15) is 5.56 Å². The lowest BCUT2D eigenvalue weighted by atomic mass is 10.0. The average Bonchev–Trinajstić information content (AvgIpc) is 2.85. The van der Waals surface area contributed by atoms with Crippen molar-refractivity contribution < 1.29 is 0 Å². The molecule has 0 saturated heterocycles. The fourth-order valence-electron chi connectivity index (χ4n) is 3.07. The van der Waals surface area contributed by atoms with E-state index in [4.69, 9.17) is 0 Å². The molecule has 0 bridgehead atoms. The predicted molar refractivity (Wildman–Crippen MR) is 92.1 cm³/mol. The van der Waals surface area contributed by atoms with Gasteiger partial charge in [0.05, 0.1) is 11.1 Å². The summed E-state index contributed by atoms with van der Waals surface area (Å²) < 4.78 is 0. The number of anilines is 1. The Bertz CT molecular complexity index is 791. The molecule has 1 unspecified atom stereocenters. The zero-order valence-electron chi connectivity index (χ0n) is 12.0. The van der Waals surface area contributed by atoms with Crippen LogP contribution in [0.3, 0.4) is 0 Å². The Morgan fingerprint density at radius 2 is 1.67 bits per heavy atom. The van der Waals surface area contributed by atoms with E-state index >= 15 is 0 Å². The molecule has 0 fully saturated rings. The van der Waals surface area contributed by atoms with Crippen molar-refractivity contribution in [1.82, 2.24) is 0 Å². The summed E-state index contributed by atoms with van der Waals surface area (Å²) in [6.07, 6.45) is 1.07. The smallest absolute Gasteiger partial charge is 0.0835 e. The molecule has 0 saturated carbocycles. The largest absolute Gasteiger partial charge is 0.361 e. The third-order valence-corrected chi connectivity index (χ3v) is 5.57. The number of fused-ring (bicyclic) bond motifs is 2. The van der Waals surface area contributed by atoms with Crippen LogP contribution in [0.25, 0.3) is 10.8 Å². The van der Waals surface area contributed by atoms with Gasteiger partial charge in [-0.25, -0.2) is 0 Å². The molecule has 1 aliphatic rings. The van der Waals surface area contributed by atoms with Gasteiger partial charge < -0.3 is 4.90 Å². The van der Waals surface area contributed by atoms with E-state index in [1.807, 2.05) is 11.8 Å². The lowest BCUT2D eigenvalue weighted by Gasteiger charge is -2.22. The van der Waals surface area contributed by atoms with E-state index in [0.717, 1.165) is 6.42 Å². The molecule has 0 spiro atoms. The van der Waals surface area contributed by atoms with Crippen molar-refractivity contribution >= 4 is 28.2 Å². The zero-order chi connectivity index (χ0) is 14.2. The maximum atomic E-state index is 2.40. The highest BCUT2D eigenvalue weighted by Crippen LogP contribution is 2.43. The highest BCUT2D eigenvalue weighted by Gasteiger charge is 2.27. The van der Waals surface area contributed by atoms with E-state index in [1.165, 1.54) is 26.9 Å². The molecule has 1 heterocycles. The third-order valence-electron chi connectivity index (χ3n) is 4.21. The molecule has 2 heteroatoms. The lowest BCUT2D eigenvalue weighted by Crippen LogP contribution is -2.26. The molecule has 0 radical (unpaired) electrons. The van der Waals surface area contributed by atoms with Crippen molar-refractivity contribution in [2.45, 2.75) is 16.7 Å². The third kappa shape index (κ3) is 2.20. The molecule has 104 valence electrons. The van der Waals surface area contributed by atoms with Crippen molar-refractivity contribution in [2.24, 2.45) is 0 Å². The SMILES string of the molecule is CN1c2ccccc2SC1Cc1cccc2ccccc12.